The van der Waals surface area contributed by atoms with E-state index in [2.05, 4.69) is 41.5 Å². The molecule has 0 aromatic carbocycles. The van der Waals surface area contributed by atoms with E-state index in [1.807, 2.05) is 12.1 Å². The third-order valence-corrected chi connectivity index (χ3v) is 4.65. The Morgan fingerprint density at radius 3 is 2.62 bits per heavy atom. The SMILES string of the molecule is CCNC(=NCc1ccco1)NCC(C1CCCCC1)N(C)C.I. The number of guanidine groups is 1. The highest BCUT2D eigenvalue weighted by atomic mass is 127. The minimum atomic E-state index is 0. The van der Waals surface area contributed by atoms with E-state index in [0.29, 0.717) is 12.6 Å². The van der Waals surface area contributed by atoms with Crippen molar-refractivity contribution in [2.75, 3.05) is 27.2 Å². The van der Waals surface area contributed by atoms with E-state index in [1.165, 1.54) is 32.1 Å². The molecule has 1 aromatic rings. The van der Waals surface area contributed by atoms with E-state index in [-0.39, 0.29) is 24.0 Å². The number of aliphatic imine (C=N–C) groups is 1. The zero-order chi connectivity index (χ0) is 16.5. The third-order valence-electron chi connectivity index (χ3n) is 4.65. The van der Waals surface area contributed by atoms with Crippen LogP contribution in [0.25, 0.3) is 0 Å². The van der Waals surface area contributed by atoms with Gasteiger partial charge in [0.15, 0.2) is 5.96 Å². The van der Waals surface area contributed by atoms with Crippen molar-refractivity contribution in [2.45, 2.75) is 51.6 Å². The van der Waals surface area contributed by atoms with Crippen molar-refractivity contribution in [3.63, 3.8) is 0 Å². The Balaban J connectivity index is 0.00000288. The molecule has 5 nitrogen and oxygen atoms in total. The Labute approximate surface area is 163 Å². The first-order chi connectivity index (χ1) is 11.2. The first-order valence-corrected chi connectivity index (χ1v) is 8.91. The average Bonchev–Trinajstić information content (AvgIpc) is 3.07. The molecule has 0 amide bonds. The van der Waals surface area contributed by atoms with Gasteiger partial charge in [-0.05, 0) is 51.9 Å². The quantitative estimate of drug-likeness (QED) is 0.381. The number of hydrogen-bond donors (Lipinski definition) is 2. The van der Waals surface area contributed by atoms with Crippen molar-refractivity contribution in [1.29, 1.82) is 0 Å². The molecule has 1 aliphatic rings. The van der Waals surface area contributed by atoms with Gasteiger partial charge in [0, 0.05) is 19.1 Å². The standard InChI is InChI=1S/C18H32N4O.HI/c1-4-19-18(20-13-16-11-8-12-23-16)21-14-17(22(2)3)15-9-6-5-7-10-15;/h8,11-12,15,17H,4-7,9-10,13-14H2,1-3H3,(H2,19,20,21);1H. The number of rotatable bonds is 7. The molecule has 1 aromatic heterocycles. The van der Waals surface area contributed by atoms with Crippen LogP contribution in [0.3, 0.4) is 0 Å². The Kier molecular flexibility index (Phi) is 10.4. The summed E-state index contributed by atoms with van der Waals surface area (Å²) in [6, 6.07) is 4.41. The normalized spacial score (nSPS) is 17.4. The zero-order valence-corrected chi connectivity index (χ0v) is 17.6. The molecule has 0 saturated heterocycles. The van der Waals surface area contributed by atoms with Crippen LogP contribution in [0.2, 0.25) is 0 Å². The van der Waals surface area contributed by atoms with Crippen LogP contribution in [0.5, 0.6) is 0 Å². The van der Waals surface area contributed by atoms with E-state index in [4.69, 9.17) is 4.42 Å². The van der Waals surface area contributed by atoms with Crippen molar-refractivity contribution in [3.8, 4) is 0 Å². The Morgan fingerprint density at radius 2 is 2.04 bits per heavy atom. The van der Waals surface area contributed by atoms with Gasteiger partial charge in [0.25, 0.3) is 0 Å². The molecule has 1 unspecified atom stereocenters. The van der Waals surface area contributed by atoms with Crippen molar-refractivity contribution >= 4 is 29.9 Å². The van der Waals surface area contributed by atoms with Crippen molar-refractivity contribution in [3.05, 3.63) is 24.2 Å². The fraction of sp³-hybridized carbons (Fsp3) is 0.722. The molecule has 1 fully saturated rings. The van der Waals surface area contributed by atoms with Crippen LogP contribution in [0.15, 0.2) is 27.8 Å². The number of likely N-dealkylation sites (N-methyl/N-ethyl adjacent to an activating group) is 1. The number of nitrogens with one attached hydrogen (secondary N) is 2. The maximum atomic E-state index is 5.35. The molecule has 138 valence electrons. The second-order valence-corrected chi connectivity index (χ2v) is 6.58. The second kappa shape index (κ2) is 11.7. The molecule has 6 heteroatoms. The van der Waals surface area contributed by atoms with Crippen LogP contribution in [-0.4, -0.2) is 44.1 Å². The maximum Gasteiger partial charge on any atom is 0.191 e. The van der Waals surface area contributed by atoms with Crippen LogP contribution in [0.4, 0.5) is 0 Å². The third kappa shape index (κ3) is 7.01. The highest BCUT2D eigenvalue weighted by Crippen LogP contribution is 2.28. The van der Waals surface area contributed by atoms with Crippen LogP contribution in [-0.2, 0) is 6.54 Å². The van der Waals surface area contributed by atoms with Gasteiger partial charge in [-0.25, -0.2) is 4.99 Å². The molecule has 2 N–H and O–H groups in total. The first kappa shape index (κ1) is 21.3. The van der Waals surface area contributed by atoms with Crippen molar-refractivity contribution in [1.82, 2.24) is 15.5 Å². The lowest BCUT2D eigenvalue weighted by molar-refractivity contribution is 0.171. The summed E-state index contributed by atoms with van der Waals surface area (Å²) >= 11 is 0. The van der Waals surface area contributed by atoms with E-state index < -0.39 is 0 Å². The highest BCUT2D eigenvalue weighted by Gasteiger charge is 2.25. The summed E-state index contributed by atoms with van der Waals surface area (Å²) in [6.45, 7) is 4.45. The molecule has 1 heterocycles. The van der Waals surface area contributed by atoms with Crippen LogP contribution in [0, 0.1) is 5.92 Å². The molecule has 1 aliphatic carbocycles. The van der Waals surface area contributed by atoms with Gasteiger partial charge in [0.05, 0.1) is 6.26 Å². The van der Waals surface area contributed by atoms with Gasteiger partial charge < -0.3 is 20.0 Å². The van der Waals surface area contributed by atoms with E-state index in [0.717, 1.165) is 30.7 Å². The largest absolute Gasteiger partial charge is 0.467 e. The fourth-order valence-corrected chi connectivity index (χ4v) is 3.39. The molecular weight excluding hydrogens is 415 g/mol. The predicted molar refractivity (Wildman–Crippen MR) is 111 cm³/mol. The summed E-state index contributed by atoms with van der Waals surface area (Å²) in [5.41, 5.74) is 0. The van der Waals surface area contributed by atoms with Gasteiger partial charge >= 0.3 is 0 Å². The molecule has 1 saturated carbocycles. The molecular formula is C18H33IN4O. The lowest BCUT2D eigenvalue weighted by atomic mass is 9.83. The Hall–Kier alpha value is -0.760. The topological polar surface area (TPSA) is 52.8 Å². The van der Waals surface area contributed by atoms with Crippen LogP contribution in [0.1, 0.15) is 44.8 Å². The lowest BCUT2D eigenvalue weighted by Gasteiger charge is -2.35. The van der Waals surface area contributed by atoms with Gasteiger partial charge in [-0.1, -0.05) is 19.3 Å². The summed E-state index contributed by atoms with van der Waals surface area (Å²) in [6.07, 6.45) is 8.55. The second-order valence-electron chi connectivity index (χ2n) is 6.58. The van der Waals surface area contributed by atoms with Gasteiger partial charge in [-0.2, -0.15) is 0 Å². The highest BCUT2D eigenvalue weighted by molar-refractivity contribution is 14.0. The molecule has 24 heavy (non-hydrogen) atoms. The van der Waals surface area contributed by atoms with Gasteiger partial charge in [0.1, 0.15) is 12.3 Å². The van der Waals surface area contributed by atoms with Crippen LogP contribution < -0.4 is 10.6 Å². The van der Waals surface area contributed by atoms with Gasteiger partial charge in [-0.15, -0.1) is 24.0 Å². The lowest BCUT2D eigenvalue weighted by Crippen LogP contribution is -2.48. The minimum Gasteiger partial charge on any atom is -0.467 e. The molecule has 2 rings (SSSR count). The molecule has 0 spiro atoms. The molecule has 0 bridgehead atoms. The van der Waals surface area contributed by atoms with E-state index in [1.54, 1.807) is 6.26 Å². The Morgan fingerprint density at radius 1 is 1.29 bits per heavy atom. The number of nitrogens with zero attached hydrogens (tertiary/aromatic N) is 2. The van der Waals surface area contributed by atoms with Crippen molar-refractivity contribution in [2.24, 2.45) is 10.9 Å². The van der Waals surface area contributed by atoms with E-state index >= 15 is 0 Å². The summed E-state index contributed by atoms with van der Waals surface area (Å²) in [5, 5.41) is 6.84. The first-order valence-electron chi connectivity index (χ1n) is 8.91. The van der Waals surface area contributed by atoms with Gasteiger partial charge in [-0.3, -0.25) is 0 Å². The zero-order valence-electron chi connectivity index (χ0n) is 15.3. The molecule has 0 aliphatic heterocycles. The summed E-state index contributed by atoms with van der Waals surface area (Å²) in [7, 11) is 4.38. The average molecular weight is 448 g/mol. The summed E-state index contributed by atoms with van der Waals surface area (Å²) in [5.74, 6) is 2.55. The number of hydrogen-bond acceptors (Lipinski definition) is 3. The summed E-state index contributed by atoms with van der Waals surface area (Å²) < 4.78 is 5.35. The fourth-order valence-electron chi connectivity index (χ4n) is 3.39. The van der Waals surface area contributed by atoms with E-state index in [9.17, 15) is 0 Å². The maximum absolute atomic E-state index is 5.35. The monoisotopic (exact) mass is 448 g/mol. The van der Waals surface area contributed by atoms with Gasteiger partial charge in [0.2, 0.25) is 0 Å². The van der Waals surface area contributed by atoms with Crippen molar-refractivity contribution < 1.29 is 4.42 Å². The number of halogens is 1. The Bertz CT molecular complexity index is 456. The summed E-state index contributed by atoms with van der Waals surface area (Å²) in [4.78, 5) is 6.97. The number of furan rings is 1. The molecule has 0 radical (unpaired) electrons. The molecule has 1 atom stereocenters. The predicted octanol–water partition coefficient (Wildman–Crippen LogP) is 3.46. The van der Waals surface area contributed by atoms with Crippen LogP contribution >= 0.6 is 24.0 Å². The minimum absolute atomic E-state index is 0. The smallest absolute Gasteiger partial charge is 0.191 e.